The largest absolute Gasteiger partial charge is 0.480 e. The summed E-state index contributed by atoms with van der Waals surface area (Å²) in [6.45, 7) is 1.40. The van der Waals surface area contributed by atoms with Crippen molar-refractivity contribution in [2.24, 2.45) is 5.92 Å². The molecule has 0 bridgehead atoms. The molecule has 0 spiro atoms. The fourth-order valence-corrected chi connectivity index (χ4v) is 3.86. The van der Waals surface area contributed by atoms with Crippen LogP contribution in [0, 0.1) is 17.2 Å². The van der Waals surface area contributed by atoms with Crippen LogP contribution in [0.4, 0.5) is 0 Å². The van der Waals surface area contributed by atoms with Gasteiger partial charge in [-0.1, -0.05) is 12.1 Å². The van der Waals surface area contributed by atoms with E-state index in [1.807, 2.05) is 6.07 Å². The highest BCUT2D eigenvalue weighted by Gasteiger charge is 2.49. The summed E-state index contributed by atoms with van der Waals surface area (Å²) in [7, 11) is -3.81. The molecule has 7 heteroatoms. The van der Waals surface area contributed by atoms with Gasteiger partial charge in [-0.25, -0.2) is 8.42 Å². The minimum atomic E-state index is -3.81. The molecule has 0 aromatic heterocycles. The van der Waals surface area contributed by atoms with Crippen LogP contribution in [0.3, 0.4) is 0 Å². The highest BCUT2D eigenvalue weighted by atomic mass is 32.2. The van der Waals surface area contributed by atoms with E-state index in [9.17, 15) is 18.3 Å². The van der Waals surface area contributed by atoms with E-state index >= 15 is 0 Å². The Morgan fingerprint density at radius 1 is 1.52 bits per heavy atom. The molecular weight excluding hydrogens is 292 g/mol. The van der Waals surface area contributed by atoms with Gasteiger partial charge >= 0.3 is 5.97 Å². The monoisotopic (exact) mass is 308 g/mol. The second-order valence-corrected chi connectivity index (χ2v) is 7.18. The molecule has 1 aliphatic carbocycles. The van der Waals surface area contributed by atoms with Crippen molar-refractivity contribution in [2.45, 2.75) is 31.1 Å². The van der Waals surface area contributed by atoms with Gasteiger partial charge in [-0.3, -0.25) is 4.79 Å². The molecule has 0 heterocycles. The number of carboxylic acid groups (broad SMARTS) is 1. The maximum atomic E-state index is 12.2. The summed E-state index contributed by atoms with van der Waals surface area (Å²) in [4.78, 5) is 11.4. The predicted molar refractivity (Wildman–Crippen MR) is 75.7 cm³/mol. The van der Waals surface area contributed by atoms with Crippen molar-refractivity contribution in [1.29, 1.82) is 5.26 Å². The Morgan fingerprint density at radius 3 is 2.71 bits per heavy atom. The Hall–Kier alpha value is -1.91. The molecule has 21 heavy (non-hydrogen) atoms. The van der Waals surface area contributed by atoms with Crippen LogP contribution in [0.15, 0.2) is 24.3 Å². The molecule has 2 rings (SSSR count). The number of sulfonamides is 1. The Balaban J connectivity index is 2.18. The first kappa shape index (κ1) is 15.5. The lowest BCUT2D eigenvalue weighted by molar-refractivity contribution is -0.144. The fraction of sp³-hybridized carbons (Fsp3) is 0.429. The van der Waals surface area contributed by atoms with Gasteiger partial charge in [-0.2, -0.15) is 9.98 Å². The summed E-state index contributed by atoms with van der Waals surface area (Å²) < 4.78 is 26.7. The lowest BCUT2D eigenvalue weighted by Gasteiger charge is -2.25. The van der Waals surface area contributed by atoms with Gasteiger partial charge in [0, 0.05) is 0 Å². The third-order valence-electron chi connectivity index (χ3n) is 3.62. The van der Waals surface area contributed by atoms with Crippen molar-refractivity contribution in [3.8, 4) is 6.07 Å². The third kappa shape index (κ3) is 3.60. The van der Waals surface area contributed by atoms with Crippen LogP contribution >= 0.6 is 0 Å². The average molecular weight is 308 g/mol. The number of hydrogen-bond donors (Lipinski definition) is 2. The zero-order valence-electron chi connectivity index (χ0n) is 11.5. The number of carboxylic acids is 1. The molecule has 1 aromatic rings. The van der Waals surface area contributed by atoms with Gasteiger partial charge in [0.15, 0.2) is 0 Å². The lowest BCUT2D eigenvalue weighted by Crippen LogP contribution is -2.54. The van der Waals surface area contributed by atoms with Crippen LogP contribution in [0.2, 0.25) is 0 Å². The van der Waals surface area contributed by atoms with Crippen molar-refractivity contribution in [2.75, 3.05) is 0 Å². The molecule has 112 valence electrons. The van der Waals surface area contributed by atoms with Crippen molar-refractivity contribution in [3.63, 3.8) is 0 Å². The summed E-state index contributed by atoms with van der Waals surface area (Å²) >= 11 is 0. The van der Waals surface area contributed by atoms with E-state index in [0.717, 1.165) is 0 Å². The molecule has 1 unspecified atom stereocenters. The smallest absolute Gasteiger partial charge is 0.324 e. The Kier molecular flexibility index (Phi) is 4.03. The first-order chi connectivity index (χ1) is 9.77. The van der Waals surface area contributed by atoms with Crippen LogP contribution in [-0.4, -0.2) is 25.0 Å². The second-order valence-electron chi connectivity index (χ2n) is 5.46. The summed E-state index contributed by atoms with van der Waals surface area (Å²) in [6, 6.07) is 8.19. The van der Waals surface area contributed by atoms with Gasteiger partial charge < -0.3 is 5.11 Å². The van der Waals surface area contributed by atoms with E-state index in [0.29, 0.717) is 24.0 Å². The summed E-state index contributed by atoms with van der Waals surface area (Å²) in [5.41, 5.74) is -0.651. The number of benzene rings is 1. The highest BCUT2D eigenvalue weighted by molar-refractivity contribution is 7.88. The molecule has 1 atom stereocenters. The van der Waals surface area contributed by atoms with Crippen molar-refractivity contribution in [1.82, 2.24) is 4.72 Å². The van der Waals surface area contributed by atoms with Crippen LogP contribution < -0.4 is 4.72 Å². The van der Waals surface area contributed by atoms with E-state index in [-0.39, 0.29) is 11.7 Å². The van der Waals surface area contributed by atoms with E-state index in [1.54, 1.807) is 18.2 Å². The van der Waals surface area contributed by atoms with Crippen LogP contribution in [0.5, 0.6) is 0 Å². The SMILES string of the molecule is CC(NS(=O)(=O)Cc1cccc(C#N)c1)(C(=O)O)C1CC1. The molecule has 1 fully saturated rings. The molecule has 0 radical (unpaired) electrons. The standard InChI is InChI=1S/C14H16N2O4S/c1-14(13(17)18,12-5-6-12)16-21(19,20)9-11-4-2-3-10(7-11)8-15/h2-4,7,12,16H,5-6,9H2,1H3,(H,17,18). The molecule has 1 aromatic carbocycles. The normalized spacial score (nSPS) is 17.7. The summed E-state index contributed by atoms with van der Waals surface area (Å²) in [5, 5.41) is 18.1. The molecule has 1 aliphatic rings. The van der Waals surface area contributed by atoms with Gasteiger partial charge in [0.05, 0.1) is 17.4 Å². The van der Waals surface area contributed by atoms with Gasteiger partial charge in [-0.15, -0.1) is 0 Å². The molecule has 2 N–H and O–H groups in total. The van der Waals surface area contributed by atoms with Gasteiger partial charge in [0.2, 0.25) is 10.0 Å². The first-order valence-electron chi connectivity index (χ1n) is 6.51. The summed E-state index contributed by atoms with van der Waals surface area (Å²) in [5.74, 6) is -1.69. The van der Waals surface area contributed by atoms with E-state index < -0.39 is 21.5 Å². The number of nitrogens with one attached hydrogen (secondary N) is 1. The zero-order chi connectivity index (χ0) is 15.7. The maximum Gasteiger partial charge on any atom is 0.324 e. The summed E-state index contributed by atoms with van der Waals surface area (Å²) in [6.07, 6.45) is 1.41. The van der Waals surface area contributed by atoms with Gasteiger partial charge in [-0.05, 0) is 43.4 Å². The van der Waals surface area contributed by atoms with E-state index in [4.69, 9.17) is 5.26 Å². The van der Waals surface area contributed by atoms with Gasteiger partial charge in [0.1, 0.15) is 5.54 Å². The molecule has 1 saturated carbocycles. The molecule has 0 saturated heterocycles. The number of rotatable bonds is 6. The van der Waals surface area contributed by atoms with E-state index in [2.05, 4.69) is 4.72 Å². The van der Waals surface area contributed by atoms with Crippen molar-refractivity contribution < 1.29 is 18.3 Å². The molecule has 0 aliphatic heterocycles. The molecule has 0 amide bonds. The first-order valence-corrected chi connectivity index (χ1v) is 8.16. The van der Waals surface area contributed by atoms with Crippen LogP contribution in [0.25, 0.3) is 0 Å². The number of nitrogens with zero attached hydrogens (tertiary/aromatic N) is 1. The topological polar surface area (TPSA) is 107 Å². The molecule has 6 nitrogen and oxygen atoms in total. The Morgan fingerprint density at radius 2 is 2.19 bits per heavy atom. The van der Waals surface area contributed by atoms with E-state index in [1.165, 1.54) is 13.0 Å². The van der Waals surface area contributed by atoms with Crippen molar-refractivity contribution in [3.05, 3.63) is 35.4 Å². The minimum Gasteiger partial charge on any atom is -0.480 e. The Bertz CT molecular complexity index is 704. The van der Waals surface area contributed by atoms with Crippen LogP contribution in [0.1, 0.15) is 30.9 Å². The Labute approximate surface area is 123 Å². The lowest BCUT2D eigenvalue weighted by atomic mass is 9.98. The van der Waals surface area contributed by atoms with Crippen molar-refractivity contribution >= 4 is 16.0 Å². The predicted octanol–water partition coefficient (Wildman–Crippen LogP) is 1.23. The number of hydrogen-bond acceptors (Lipinski definition) is 4. The average Bonchev–Trinajstić information content (AvgIpc) is 3.22. The number of nitriles is 1. The third-order valence-corrected chi connectivity index (χ3v) is 5.07. The second kappa shape index (κ2) is 5.47. The fourth-order valence-electron chi connectivity index (χ4n) is 2.27. The number of carbonyl (C=O) groups is 1. The maximum absolute atomic E-state index is 12.2. The zero-order valence-corrected chi connectivity index (χ0v) is 12.4. The quantitative estimate of drug-likeness (QED) is 0.822. The highest BCUT2D eigenvalue weighted by Crippen LogP contribution is 2.40. The van der Waals surface area contributed by atoms with Gasteiger partial charge in [0.25, 0.3) is 0 Å². The minimum absolute atomic E-state index is 0.171. The van der Waals surface area contributed by atoms with Crippen LogP contribution in [-0.2, 0) is 20.6 Å². The molecular formula is C14H16N2O4S. The number of aliphatic carboxylic acids is 1.